The molecule has 5 nitrogen and oxygen atoms in total. The van der Waals surface area contributed by atoms with Crippen LogP contribution in [0.4, 0.5) is 0 Å². The predicted octanol–water partition coefficient (Wildman–Crippen LogP) is -0.998. The average molecular weight is 201 g/mol. The highest BCUT2D eigenvalue weighted by Crippen LogP contribution is 2.03. The number of aliphatic carboxylic acids is 1. The van der Waals surface area contributed by atoms with Gasteiger partial charge in [0.2, 0.25) is 0 Å². The minimum Gasteiger partial charge on any atom is -0.480 e. The topological polar surface area (TPSA) is 73.4 Å². The molecule has 2 rings (SSSR count). The van der Waals surface area contributed by atoms with Gasteiger partial charge in [-0.05, 0) is 19.4 Å². The predicted molar refractivity (Wildman–Crippen MR) is 54.4 cm³/mol. The standard InChI is InChI=1S/C5H9NO2.C4H10N2/c7-5(8)4-2-1-3-6-4;1-2-6-4-3-5-1/h4,6H,1-3H2,(H,7,8);5-6H,1-4H2/t4-;/m0./s1. The van der Waals surface area contributed by atoms with Crippen molar-refractivity contribution in [1.82, 2.24) is 16.0 Å². The van der Waals surface area contributed by atoms with E-state index in [0.717, 1.165) is 45.6 Å². The van der Waals surface area contributed by atoms with Crippen LogP contribution in [-0.4, -0.2) is 49.8 Å². The molecule has 0 radical (unpaired) electrons. The lowest BCUT2D eigenvalue weighted by atomic mass is 10.2. The fourth-order valence-corrected chi connectivity index (χ4v) is 1.50. The van der Waals surface area contributed by atoms with Gasteiger partial charge in [-0.2, -0.15) is 0 Å². The lowest BCUT2D eigenvalue weighted by Gasteiger charge is -2.11. The maximum absolute atomic E-state index is 10.1. The third-order valence-corrected chi connectivity index (χ3v) is 2.32. The van der Waals surface area contributed by atoms with Crippen molar-refractivity contribution in [2.45, 2.75) is 18.9 Å². The van der Waals surface area contributed by atoms with E-state index in [4.69, 9.17) is 5.11 Å². The normalized spacial score (nSPS) is 26.4. The SMILES string of the molecule is C1CNCCN1.O=C(O)[C@@H]1CCCN1. The van der Waals surface area contributed by atoms with Crippen LogP contribution in [0.15, 0.2) is 0 Å². The Balaban J connectivity index is 0.000000146. The number of hydrogen-bond donors (Lipinski definition) is 4. The second-order valence-corrected chi connectivity index (χ2v) is 3.49. The van der Waals surface area contributed by atoms with Gasteiger partial charge in [0, 0.05) is 26.2 Å². The van der Waals surface area contributed by atoms with Gasteiger partial charge in [0.1, 0.15) is 6.04 Å². The molecular weight excluding hydrogens is 182 g/mol. The molecular formula is C9H19N3O2. The van der Waals surface area contributed by atoms with Crippen LogP contribution in [0.3, 0.4) is 0 Å². The lowest BCUT2D eigenvalue weighted by molar-refractivity contribution is -0.139. The van der Waals surface area contributed by atoms with Crippen LogP contribution < -0.4 is 16.0 Å². The summed E-state index contributed by atoms with van der Waals surface area (Å²) in [6.07, 6.45) is 1.78. The molecule has 2 aliphatic rings. The summed E-state index contributed by atoms with van der Waals surface area (Å²) in [4.78, 5) is 10.1. The molecule has 2 aliphatic heterocycles. The zero-order valence-corrected chi connectivity index (χ0v) is 8.38. The van der Waals surface area contributed by atoms with Gasteiger partial charge in [-0.1, -0.05) is 0 Å². The van der Waals surface area contributed by atoms with Crippen LogP contribution in [0, 0.1) is 0 Å². The molecule has 0 aromatic rings. The molecule has 2 heterocycles. The molecule has 5 heteroatoms. The monoisotopic (exact) mass is 201 g/mol. The van der Waals surface area contributed by atoms with Gasteiger partial charge in [0.05, 0.1) is 0 Å². The van der Waals surface area contributed by atoms with E-state index in [1.54, 1.807) is 0 Å². The largest absolute Gasteiger partial charge is 0.480 e. The van der Waals surface area contributed by atoms with Gasteiger partial charge in [-0.15, -0.1) is 0 Å². The van der Waals surface area contributed by atoms with E-state index in [1.165, 1.54) is 0 Å². The Labute approximate surface area is 84.3 Å². The second-order valence-electron chi connectivity index (χ2n) is 3.49. The van der Waals surface area contributed by atoms with E-state index in [9.17, 15) is 4.79 Å². The van der Waals surface area contributed by atoms with Crippen LogP contribution >= 0.6 is 0 Å². The molecule has 0 amide bonds. The quantitative estimate of drug-likeness (QED) is 0.438. The van der Waals surface area contributed by atoms with Gasteiger partial charge < -0.3 is 21.1 Å². The van der Waals surface area contributed by atoms with E-state index in [1.807, 2.05) is 0 Å². The molecule has 0 aromatic heterocycles. The highest BCUT2D eigenvalue weighted by molar-refractivity contribution is 5.73. The van der Waals surface area contributed by atoms with Crippen molar-refractivity contribution in [3.05, 3.63) is 0 Å². The highest BCUT2D eigenvalue weighted by Gasteiger charge is 2.20. The van der Waals surface area contributed by atoms with E-state index in [-0.39, 0.29) is 6.04 Å². The Morgan fingerprint density at radius 3 is 1.86 bits per heavy atom. The highest BCUT2D eigenvalue weighted by atomic mass is 16.4. The summed E-state index contributed by atoms with van der Waals surface area (Å²) in [6.45, 7) is 5.41. The smallest absolute Gasteiger partial charge is 0.320 e. The molecule has 14 heavy (non-hydrogen) atoms. The minimum absolute atomic E-state index is 0.269. The molecule has 0 unspecified atom stereocenters. The van der Waals surface area contributed by atoms with Crippen LogP contribution in [0.2, 0.25) is 0 Å². The first-order valence-electron chi connectivity index (χ1n) is 5.18. The van der Waals surface area contributed by atoms with E-state index in [2.05, 4.69) is 16.0 Å². The number of hydrogen-bond acceptors (Lipinski definition) is 4. The summed E-state index contributed by atoms with van der Waals surface area (Å²) < 4.78 is 0. The molecule has 0 bridgehead atoms. The van der Waals surface area contributed by atoms with Gasteiger partial charge in [-0.25, -0.2) is 0 Å². The molecule has 4 N–H and O–H groups in total. The maximum atomic E-state index is 10.1. The molecule has 2 fully saturated rings. The zero-order chi connectivity index (χ0) is 10.2. The Hall–Kier alpha value is -0.650. The van der Waals surface area contributed by atoms with Crippen LogP contribution in [-0.2, 0) is 4.79 Å². The van der Waals surface area contributed by atoms with Crippen molar-refractivity contribution < 1.29 is 9.90 Å². The lowest BCUT2D eigenvalue weighted by Crippen LogP contribution is -2.39. The number of nitrogens with one attached hydrogen (secondary N) is 3. The van der Waals surface area contributed by atoms with Gasteiger partial charge in [0.15, 0.2) is 0 Å². The summed E-state index contributed by atoms with van der Waals surface area (Å²) in [5.41, 5.74) is 0. The molecule has 0 spiro atoms. The van der Waals surface area contributed by atoms with Crippen molar-refractivity contribution in [2.24, 2.45) is 0 Å². The first-order valence-corrected chi connectivity index (χ1v) is 5.18. The maximum Gasteiger partial charge on any atom is 0.320 e. The number of carboxylic acids is 1. The van der Waals surface area contributed by atoms with Gasteiger partial charge >= 0.3 is 5.97 Å². The van der Waals surface area contributed by atoms with E-state index < -0.39 is 5.97 Å². The molecule has 1 atom stereocenters. The summed E-state index contributed by atoms with van der Waals surface area (Å²) >= 11 is 0. The molecule has 0 aromatic carbocycles. The van der Waals surface area contributed by atoms with Gasteiger partial charge in [-0.3, -0.25) is 4.79 Å². The third kappa shape index (κ3) is 4.55. The minimum atomic E-state index is -0.720. The average Bonchev–Trinajstić information content (AvgIpc) is 2.74. The molecule has 82 valence electrons. The second kappa shape index (κ2) is 6.75. The fraction of sp³-hybridized carbons (Fsp3) is 0.889. The number of carbonyl (C=O) groups is 1. The summed E-state index contributed by atoms with van der Waals surface area (Å²) in [6, 6.07) is -0.269. The summed E-state index contributed by atoms with van der Waals surface area (Å²) in [7, 11) is 0. The van der Waals surface area contributed by atoms with Crippen molar-refractivity contribution in [3.63, 3.8) is 0 Å². The third-order valence-electron chi connectivity index (χ3n) is 2.32. The Morgan fingerprint density at radius 2 is 1.64 bits per heavy atom. The fourth-order valence-electron chi connectivity index (χ4n) is 1.50. The summed E-state index contributed by atoms with van der Waals surface area (Å²) in [5, 5.41) is 17.7. The number of rotatable bonds is 1. The van der Waals surface area contributed by atoms with Crippen LogP contribution in [0.25, 0.3) is 0 Å². The van der Waals surface area contributed by atoms with E-state index >= 15 is 0 Å². The summed E-state index contributed by atoms with van der Waals surface area (Å²) in [5.74, 6) is -0.720. The van der Waals surface area contributed by atoms with Crippen molar-refractivity contribution in [2.75, 3.05) is 32.7 Å². The Morgan fingerprint density at radius 1 is 1.07 bits per heavy atom. The number of piperazine rings is 1. The van der Waals surface area contributed by atoms with Crippen molar-refractivity contribution >= 4 is 5.97 Å². The van der Waals surface area contributed by atoms with E-state index in [0.29, 0.717) is 0 Å². The first kappa shape index (κ1) is 11.4. The molecule has 0 saturated carbocycles. The van der Waals surface area contributed by atoms with Gasteiger partial charge in [0.25, 0.3) is 0 Å². The molecule has 2 saturated heterocycles. The molecule has 0 aliphatic carbocycles. The van der Waals surface area contributed by atoms with Crippen molar-refractivity contribution in [3.8, 4) is 0 Å². The first-order chi connectivity index (χ1) is 6.80. The van der Waals surface area contributed by atoms with Crippen LogP contribution in [0.5, 0.6) is 0 Å². The van der Waals surface area contributed by atoms with Crippen LogP contribution in [0.1, 0.15) is 12.8 Å². The Bertz CT molecular complexity index is 154. The Kier molecular flexibility index (Phi) is 5.51. The number of carboxylic acid groups (broad SMARTS) is 1. The van der Waals surface area contributed by atoms with Crippen molar-refractivity contribution in [1.29, 1.82) is 0 Å². The zero-order valence-electron chi connectivity index (χ0n) is 8.38.